The van der Waals surface area contributed by atoms with Crippen LogP contribution in [0, 0.1) is 0 Å². The van der Waals surface area contributed by atoms with Gasteiger partial charge in [-0.25, -0.2) is 0 Å². The Morgan fingerprint density at radius 3 is 2.88 bits per heavy atom. The number of carbonyl (C=O) groups excluding carboxylic acids is 1. The molecule has 6 nitrogen and oxygen atoms in total. The number of nitrogens with one attached hydrogen (secondary N) is 1. The number of aromatic nitrogens is 1. The van der Waals surface area contributed by atoms with Gasteiger partial charge in [0.1, 0.15) is 13.2 Å². The Hall–Kier alpha value is -2.47. The highest BCUT2D eigenvalue weighted by Gasteiger charge is 2.29. The number of hydrogen-bond donors (Lipinski definition) is 1. The summed E-state index contributed by atoms with van der Waals surface area (Å²) in [5.74, 6) is 1.41. The molecule has 0 saturated carbocycles. The second-order valence-corrected chi connectivity index (χ2v) is 6.58. The smallest absolute Gasteiger partial charge is 0.238 e. The second kappa shape index (κ2) is 6.80. The van der Waals surface area contributed by atoms with Crippen molar-refractivity contribution in [1.82, 2.24) is 9.47 Å². The Bertz CT molecular complexity index is 771. The number of ether oxygens (including phenoxy) is 2. The molecule has 1 fully saturated rings. The van der Waals surface area contributed by atoms with Gasteiger partial charge in [0.2, 0.25) is 5.91 Å². The number of rotatable bonds is 4. The van der Waals surface area contributed by atoms with Crippen LogP contribution in [0.1, 0.15) is 24.6 Å². The Balaban J connectivity index is 1.41. The fourth-order valence-corrected chi connectivity index (χ4v) is 3.68. The summed E-state index contributed by atoms with van der Waals surface area (Å²) in [6.07, 6.45) is 4.27. The maximum absolute atomic E-state index is 12.5. The number of benzene rings is 1. The molecule has 1 amide bonds. The minimum absolute atomic E-state index is 0.00205. The third-order valence-electron chi connectivity index (χ3n) is 4.86. The Morgan fingerprint density at radius 2 is 2.08 bits per heavy atom. The maximum Gasteiger partial charge on any atom is 0.238 e. The summed E-state index contributed by atoms with van der Waals surface area (Å²) in [6, 6.07) is 10.0. The van der Waals surface area contributed by atoms with Gasteiger partial charge >= 0.3 is 0 Å². The molecule has 6 heteroatoms. The van der Waals surface area contributed by atoms with Gasteiger partial charge in [-0.3, -0.25) is 9.69 Å². The largest absolute Gasteiger partial charge is 0.486 e. The van der Waals surface area contributed by atoms with Crippen molar-refractivity contribution < 1.29 is 14.3 Å². The molecule has 1 saturated heterocycles. The van der Waals surface area contributed by atoms with Crippen LogP contribution in [0.3, 0.4) is 0 Å². The van der Waals surface area contributed by atoms with Crippen molar-refractivity contribution >= 4 is 11.6 Å². The molecule has 0 bridgehead atoms. The molecule has 1 aromatic heterocycles. The number of anilines is 1. The molecule has 1 N–H and O–H groups in total. The van der Waals surface area contributed by atoms with Crippen molar-refractivity contribution in [3.63, 3.8) is 0 Å². The summed E-state index contributed by atoms with van der Waals surface area (Å²) >= 11 is 0. The minimum atomic E-state index is -0.00205. The molecule has 3 heterocycles. The normalized spacial score (nSPS) is 19.8. The van der Waals surface area contributed by atoms with E-state index in [4.69, 9.17) is 9.47 Å². The van der Waals surface area contributed by atoms with E-state index in [0.29, 0.717) is 31.5 Å². The van der Waals surface area contributed by atoms with Gasteiger partial charge in [-0.05, 0) is 43.7 Å². The number of nitrogens with zero attached hydrogens (tertiary/aromatic N) is 2. The summed E-state index contributed by atoms with van der Waals surface area (Å²) in [5.41, 5.74) is 2.01. The van der Waals surface area contributed by atoms with Gasteiger partial charge in [-0.2, -0.15) is 0 Å². The van der Waals surface area contributed by atoms with Gasteiger partial charge in [0.25, 0.3) is 0 Å². The number of carbonyl (C=O) groups is 1. The third kappa shape index (κ3) is 3.35. The van der Waals surface area contributed by atoms with Crippen LogP contribution in [0.5, 0.6) is 11.5 Å². The van der Waals surface area contributed by atoms with Crippen molar-refractivity contribution in [2.24, 2.45) is 7.05 Å². The zero-order chi connectivity index (χ0) is 17.2. The van der Waals surface area contributed by atoms with Crippen LogP contribution in [-0.4, -0.2) is 41.7 Å². The van der Waals surface area contributed by atoms with Crippen molar-refractivity contribution in [2.45, 2.75) is 18.9 Å². The minimum Gasteiger partial charge on any atom is -0.486 e. The van der Waals surface area contributed by atoms with Crippen molar-refractivity contribution in [3.8, 4) is 11.5 Å². The first kappa shape index (κ1) is 16.0. The molecule has 2 aliphatic heterocycles. The number of hydrogen-bond acceptors (Lipinski definition) is 4. The SMILES string of the molecule is Cn1cccc1[C@H]1CCCN1CC(=O)Nc1ccc2c(c1)OCCO2. The molecule has 1 aromatic carbocycles. The Kier molecular flexibility index (Phi) is 4.36. The summed E-state index contributed by atoms with van der Waals surface area (Å²) in [5, 5.41) is 2.98. The lowest BCUT2D eigenvalue weighted by Gasteiger charge is -2.24. The predicted octanol–water partition coefficient (Wildman–Crippen LogP) is 2.57. The molecule has 132 valence electrons. The van der Waals surface area contributed by atoms with Gasteiger partial charge in [-0.15, -0.1) is 0 Å². The summed E-state index contributed by atoms with van der Waals surface area (Å²) in [7, 11) is 2.06. The van der Waals surface area contributed by atoms with Crippen molar-refractivity contribution in [1.29, 1.82) is 0 Å². The Morgan fingerprint density at radius 1 is 1.24 bits per heavy atom. The van der Waals surface area contributed by atoms with Gasteiger partial charge in [0.15, 0.2) is 11.5 Å². The molecule has 0 unspecified atom stereocenters. The summed E-state index contributed by atoms with van der Waals surface area (Å²) < 4.78 is 13.2. The van der Waals surface area contributed by atoms with Crippen LogP contribution in [0.4, 0.5) is 5.69 Å². The van der Waals surface area contributed by atoms with E-state index < -0.39 is 0 Å². The Labute approximate surface area is 147 Å². The third-order valence-corrected chi connectivity index (χ3v) is 4.86. The van der Waals surface area contributed by atoms with Crippen LogP contribution in [-0.2, 0) is 11.8 Å². The van der Waals surface area contributed by atoms with E-state index in [1.165, 1.54) is 5.69 Å². The average Bonchev–Trinajstić information content (AvgIpc) is 3.23. The zero-order valence-corrected chi connectivity index (χ0v) is 14.4. The first-order valence-corrected chi connectivity index (χ1v) is 8.75. The molecule has 0 aliphatic carbocycles. The first-order valence-electron chi connectivity index (χ1n) is 8.75. The highest BCUT2D eigenvalue weighted by Crippen LogP contribution is 2.33. The highest BCUT2D eigenvalue weighted by atomic mass is 16.6. The van der Waals surface area contributed by atoms with E-state index >= 15 is 0 Å². The van der Waals surface area contributed by atoms with E-state index in [9.17, 15) is 4.79 Å². The van der Waals surface area contributed by atoms with E-state index in [1.54, 1.807) is 0 Å². The van der Waals surface area contributed by atoms with Crippen molar-refractivity contribution in [2.75, 3.05) is 31.6 Å². The van der Waals surface area contributed by atoms with Crippen LogP contribution >= 0.6 is 0 Å². The quantitative estimate of drug-likeness (QED) is 0.929. The van der Waals surface area contributed by atoms with E-state index in [0.717, 1.165) is 30.8 Å². The standard InChI is InChI=1S/C19H23N3O3/c1-21-8-2-4-15(21)16-5-3-9-22(16)13-19(23)20-14-6-7-17-18(12-14)25-11-10-24-17/h2,4,6-8,12,16H,3,5,9-11,13H2,1H3,(H,20,23)/t16-/m1/s1. The van der Waals surface area contributed by atoms with Gasteiger partial charge in [-0.1, -0.05) is 0 Å². The van der Waals surface area contributed by atoms with Crippen LogP contribution < -0.4 is 14.8 Å². The number of likely N-dealkylation sites (tertiary alicyclic amines) is 1. The fourth-order valence-electron chi connectivity index (χ4n) is 3.68. The van der Waals surface area contributed by atoms with Gasteiger partial charge in [0.05, 0.1) is 12.6 Å². The molecule has 25 heavy (non-hydrogen) atoms. The first-order chi connectivity index (χ1) is 12.2. The molecule has 0 spiro atoms. The van der Waals surface area contributed by atoms with E-state index in [1.807, 2.05) is 18.2 Å². The number of amides is 1. The molecule has 2 aromatic rings. The molecular formula is C19H23N3O3. The molecule has 0 radical (unpaired) electrons. The van der Waals surface area contributed by atoms with Crippen LogP contribution in [0.15, 0.2) is 36.5 Å². The number of aryl methyl sites for hydroxylation is 1. The average molecular weight is 341 g/mol. The lowest BCUT2D eigenvalue weighted by Crippen LogP contribution is -2.33. The van der Waals surface area contributed by atoms with Gasteiger partial charge < -0.3 is 19.4 Å². The highest BCUT2D eigenvalue weighted by molar-refractivity contribution is 5.92. The van der Waals surface area contributed by atoms with Crippen molar-refractivity contribution in [3.05, 3.63) is 42.2 Å². The molecule has 1 atom stereocenters. The predicted molar refractivity (Wildman–Crippen MR) is 95.0 cm³/mol. The van der Waals surface area contributed by atoms with Gasteiger partial charge in [0, 0.05) is 30.7 Å². The topological polar surface area (TPSA) is 55.7 Å². The van der Waals surface area contributed by atoms with E-state index in [-0.39, 0.29) is 5.91 Å². The summed E-state index contributed by atoms with van der Waals surface area (Å²) in [4.78, 5) is 14.8. The molecular weight excluding hydrogens is 318 g/mol. The van der Waals surface area contributed by atoms with Crippen LogP contribution in [0.2, 0.25) is 0 Å². The lowest BCUT2D eigenvalue weighted by molar-refractivity contribution is -0.117. The van der Waals surface area contributed by atoms with Crippen LogP contribution in [0.25, 0.3) is 0 Å². The molecule has 4 rings (SSSR count). The number of fused-ring (bicyclic) bond motifs is 1. The van der Waals surface area contributed by atoms with E-state index in [2.05, 4.69) is 40.2 Å². The monoisotopic (exact) mass is 341 g/mol. The zero-order valence-electron chi connectivity index (χ0n) is 14.4. The fraction of sp³-hybridized carbons (Fsp3) is 0.421. The maximum atomic E-state index is 12.5. The summed E-state index contributed by atoms with van der Waals surface area (Å²) in [6.45, 7) is 2.44. The molecule has 2 aliphatic rings. The lowest BCUT2D eigenvalue weighted by atomic mass is 10.1. The second-order valence-electron chi connectivity index (χ2n) is 6.58.